The number of likely N-dealkylation sites (tertiary alicyclic amines) is 1. The molecule has 0 spiro atoms. The van der Waals surface area contributed by atoms with E-state index in [1.54, 1.807) is 0 Å². The van der Waals surface area contributed by atoms with Crippen molar-refractivity contribution in [2.45, 2.75) is 45.2 Å². The zero-order chi connectivity index (χ0) is 12.3. The Balaban J connectivity index is 0.00000256. The number of carbonyl (C=O) groups excluding carboxylic acids is 2. The van der Waals surface area contributed by atoms with Gasteiger partial charge in [0.2, 0.25) is 11.8 Å². The van der Waals surface area contributed by atoms with E-state index in [2.05, 4.69) is 0 Å². The molecule has 4 N–H and O–H groups in total. The van der Waals surface area contributed by atoms with Crippen LogP contribution in [0.2, 0.25) is 0 Å². The second kappa shape index (κ2) is 6.96. The van der Waals surface area contributed by atoms with Gasteiger partial charge in [-0.05, 0) is 25.2 Å². The van der Waals surface area contributed by atoms with Gasteiger partial charge in [0.1, 0.15) is 6.04 Å². The molecule has 0 radical (unpaired) electrons. The van der Waals surface area contributed by atoms with Crippen LogP contribution in [0.15, 0.2) is 0 Å². The van der Waals surface area contributed by atoms with Gasteiger partial charge < -0.3 is 16.4 Å². The van der Waals surface area contributed by atoms with Gasteiger partial charge in [-0.1, -0.05) is 13.8 Å². The standard InChI is InChI=1S/C11H21N3O2.BrH/c1-7(2)6-8(12)11(16)14-5-3-4-9(14)10(13)15;/h7-9H,3-6,12H2,1-2H3,(H2,13,15);1H/t8-,9-;/m0./s1. The van der Waals surface area contributed by atoms with E-state index < -0.39 is 18.0 Å². The number of carbonyl (C=O) groups is 2. The van der Waals surface area contributed by atoms with E-state index >= 15 is 0 Å². The van der Waals surface area contributed by atoms with E-state index in [1.165, 1.54) is 4.90 Å². The molecule has 0 aromatic carbocycles. The topological polar surface area (TPSA) is 89.4 Å². The molecule has 0 unspecified atom stereocenters. The molecule has 1 saturated heterocycles. The zero-order valence-electron chi connectivity index (χ0n) is 10.4. The Labute approximate surface area is 113 Å². The molecule has 0 aliphatic carbocycles. The van der Waals surface area contributed by atoms with Crippen LogP contribution in [0, 0.1) is 5.92 Å². The van der Waals surface area contributed by atoms with Gasteiger partial charge in [0, 0.05) is 6.54 Å². The summed E-state index contributed by atoms with van der Waals surface area (Å²) in [5.41, 5.74) is 11.1. The first-order chi connectivity index (χ1) is 7.43. The molecular formula is C11H22BrN3O2. The van der Waals surface area contributed by atoms with Gasteiger partial charge in [0.15, 0.2) is 0 Å². The largest absolute Gasteiger partial charge is 0.368 e. The average molecular weight is 308 g/mol. The van der Waals surface area contributed by atoms with Gasteiger partial charge in [0.05, 0.1) is 6.04 Å². The predicted octanol–water partition coefficient (Wildman–Crippen LogP) is 0.414. The number of nitrogens with two attached hydrogens (primary N) is 2. The third-order valence-corrected chi connectivity index (χ3v) is 2.91. The molecule has 0 bridgehead atoms. The van der Waals surface area contributed by atoms with Crippen molar-refractivity contribution < 1.29 is 9.59 Å². The molecule has 6 heteroatoms. The SMILES string of the molecule is Br.CC(C)C[C@H](N)C(=O)N1CCC[C@H]1C(N)=O. The molecule has 0 aromatic rings. The third kappa shape index (κ3) is 4.27. The second-order valence-corrected chi connectivity index (χ2v) is 4.83. The molecule has 1 fully saturated rings. The van der Waals surface area contributed by atoms with E-state index in [0.29, 0.717) is 25.3 Å². The van der Waals surface area contributed by atoms with Crippen molar-refractivity contribution in [1.29, 1.82) is 0 Å². The summed E-state index contributed by atoms with van der Waals surface area (Å²) in [5.74, 6) is -0.203. The minimum atomic E-state index is -0.514. The lowest BCUT2D eigenvalue weighted by Gasteiger charge is -2.26. The normalized spacial score (nSPS) is 21.2. The molecule has 1 aliphatic rings. The lowest BCUT2D eigenvalue weighted by Crippen LogP contribution is -2.50. The van der Waals surface area contributed by atoms with Crippen LogP contribution in [0.25, 0.3) is 0 Å². The Morgan fingerprint density at radius 2 is 2.00 bits per heavy atom. The quantitative estimate of drug-likeness (QED) is 0.788. The van der Waals surface area contributed by atoms with Gasteiger partial charge in [-0.3, -0.25) is 9.59 Å². The number of hydrogen-bond donors (Lipinski definition) is 2. The van der Waals surface area contributed by atoms with E-state index in [-0.39, 0.29) is 22.9 Å². The first kappa shape index (κ1) is 16.4. The summed E-state index contributed by atoms with van der Waals surface area (Å²) in [6, 6.07) is -0.967. The van der Waals surface area contributed by atoms with Crippen molar-refractivity contribution in [3.05, 3.63) is 0 Å². The zero-order valence-corrected chi connectivity index (χ0v) is 12.1. The molecule has 1 rings (SSSR count). The number of amides is 2. The minimum absolute atomic E-state index is 0. The summed E-state index contributed by atoms with van der Waals surface area (Å²) in [7, 11) is 0. The molecule has 1 heterocycles. The smallest absolute Gasteiger partial charge is 0.240 e. The number of rotatable bonds is 4. The van der Waals surface area contributed by atoms with Crippen LogP contribution < -0.4 is 11.5 Å². The summed E-state index contributed by atoms with van der Waals surface area (Å²) in [6.45, 7) is 4.63. The number of hydrogen-bond acceptors (Lipinski definition) is 3. The molecule has 17 heavy (non-hydrogen) atoms. The number of halogens is 1. The second-order valence-electron chi connectivity index (χ2n) is 4.83. The van der Waals surface area contributed by atoms with E-state index in [0.717, 1.165) is 6.42 Å². The fourth-order valence-electron chi connectivity index (χ4n) is 2.15. The van der Waals surface area contributed by atoms with Crippen molar-refractivity contribution in [2.24, 2.45) is 17.4 Å². The third-order valence-electron chi connectivity index (χ3n) is 2.91. The van der Waals surface area contributed by atoms with Crippen LogP contribution in [0.1, 0.15) is 33.1 Å². The first-order valence-electron chi connectivity index (χ1n) is 5.79. The summed E-state index contributed by atoms with van der Waals surface area (Å²) in [4.78, 5) is 24.7. The van der Waals surface area contributed by atoms with Crippen LogP contribution in [-0.2, 0) is 9.59 Å². The van der Waals surface area contributed by atoms with Crippen molar-refractivity contribution in [1.82, 2.24) is 4.90 Å². The van der Waals surface area contributed by atoms with Crippen LogP contribution in [0.4, 0.5) is 0 Å². The molecule has 2 amide bonds. The van der Waals surface area contributed by atoms with Gasteiger partial charge in [-0.25, -0.2) is 0 Å². The Morgan fingerprint density at radius 1 is 1.41 bits per heavy atom. The van der Waals surface area contributed by atoms with Gasteiger partial charge in [-0.2, -0.15) is 0 Å². The maximum Gasteiger partial charge on any atom is 0.240 e. The molecule has 100 valence electrons. The maximum absolute atomic E-state index is 12.0. The molecular weight excluding hydrogens is 286 g/mol. The van der Waals surface area contributed by atoms with Gasteiger partial charge in [0.25, 0.3) is 0 Å². The Kier molecular flexibility index (Phi) is 6.70. The molecule has 5 nitrogen and oxygen atoms in total. The highest BCUT2D eigenvalue weighted by molar-refractivity contribution is 8.93. The fourth-order valence-corrected chi connectivity index (χ4v) is 2.15. The average Bonchev–Trinajstić information content (AvgIpc) is 2.63. The monoisotopic (exact) mass is 307 g/mol. The first-order valence-corrected chi connectivity index (χ1v) is 5.79. The van der Waals surface area contributed by atoms with Gasteiger partial charge >= 0.3 is 0 Å². The number of primary amides is 1. The molecule has 0 saturated carbocycles. The molecule has 0 aromatic heterocycles. The highest BCUT2D eigenvalue weighted by Gasteiger charge is 2.34. The number of nitrogens with zero attached hydrogens (tertiary/aromatic N) is 1. The summed E-state index contributed by atoms with van der Waals surface area (Å²) in [6.07, 6.45) is 2.13. The van der Waals surface area contributed by atoms with E-state index in [1.807, 2.05) is 13.8 Å². The van der Waals surface area contributed by atoms with Crippen LogP contribution in [0.5, 0.6) is 0 Å². The highest BCUT2D eigenvalue weighted by Crippen LogP contribution is 2.18. The lowest BCUT2D eigenvalue weighted by atomic mass is 10.0. The van der Waals surface area contributed by atoms with Gasteiger partial charge in [-0.15, -0.1) is 17.0 Å². The van der Waals surface area contributed by atoms with Crippen molar-refractivity contribution in [2.75, 3.05) is 6.54 Å². The van der Waals surface area contributed by atoms with Crippen molar-refractivity contribution in [3.8, 4) is 0 Å². The molecule has 2 atom stereocenters. The van der Waals surface area contributed by atoms with Crippen molar-refractivity contribution in [3.63, 3.8) is 0 Å². The molecule has 1 aliphatic heterocycles. The van der Waals surface area contributed by atoms with Crippen molar-refractivity contribution >= 4 is 28.8 Å². The Morgan fingerprint density at radius 3 is 2.47 bits per heavy atom. The van der Waals surface area contributed by atoms with E-state index in [9.17, 15) is 9.59 Å². The van der Waals surface area contributed by atoms with Crippen LogP contribution >= 0.6 is 17.0 Å². The van der Waals surface area contributed by atoms with Crippen LogP contribution in [-0.4, -0.2) is 35.3 Å². The van der Waals surface area contributed by atoms with E-state index in [4.69, 9.17) is 11.5 Å². The maximum atomic E-state index is 12.0. The summed E-state index contributed by atoms with van der Waals surface area (Å²) < 4.78 is 0. The minimum Gasteiger partial charge on any atom is -0.368 e. The lowest BCUT2D eigenvalue weighted by molar-refractivity contribution is -0.138. The highest BCUT2D eigenvalue weighted by atomic mass is 79.9. The fraction of sp³-hybridized carbons (Fsp3) is 0.818. The van der Waals surface area contributed by atoms with Crippen LogP contribution in [0.3, 0.4) is 0 Å². The Bertz CT molecular complexity index is 284. The summed E-state index contributed by atoms with van der Waals surface area (Å²) >= 11 is 0. The predicted molar refractivity (Wildman–Crippen MR) is 71.7 cm³/mol. The summed E-state index contributed by atoms with van der Waals surface area (Å²) in [5, 5.41) is 0. The Hall–Kier alpha value is -0.620.